The molecule has 0 saturated carbocycles. The predicted octanol–water partition coefficient (Wildman–Crippen LogP) is 1.78. The van der Waals surface area contributed by atoms with E-state index >= 15 is 0 Å². The molecule has 2 atom stereocenters. The van der Waals surface area contributed by atoms with Crippen molar-refractivity contribution in [3.05, 3.63) is 40.6 Å². The normalized spacial score (nSPS) is 22.8. The Morgan fingerprint density at radius 2 is 2.06 bits per heavy atom. The summed E-state index contributed by atoms with van der Waals surface area (Å²) >= 11 is 0. The smallest absolute Gasteiger partial charge is 0.415 e. The van der Waals surface area contributed by atoms with Crippen LogP contribution in [0.4, 0.5) is 10.6 Å². The molecule has 3 heterocycles. The molecular weight excluding hydrogens is 470 g/mol. The fourth-order valence-electron chi connectivity index (χ4n) is 4.10. The summed E-state index contributed by atoms with van der Waals surface area (Å²) in [6.45, 7) is 4.35. The number of carbonyl (C=O) groups is 1. The van der Waals surface area contributed by atoms with Crippen LogP contribution in [0.15, 0.2) is 35.4 Å². The van der Waals surface area contributed by atoms with E-state index < -0.39 is 32.7 Å². The predicted molar refractivity (Wildman–Crippen MR) is 117 cm³/mol. The van der Waals surface area contributed by atoms with Crippen molar-refractivity contribution in [2.75, 3.05) is 26.2 Å². The van der Waals surface area contributed by atoms with Gasteiger partial charge in [0.2, 0.25) is 10.0 Å². The Kier molecular flexibility index (Phi) is 6.12. The van der Waals surface area contributed by atoms with Crippen molar-refractivity contribution in [2.24, 2.45) is 0 Å². The number of ether oxygens (including phenoxy) is 2. The van der Waals surface area contributed by atoms with E-state index in [1.54, 1.807) is 23.6 Å². The SMILES string of the molecule is CCC1CN(S(=O)(=O)c2ccc(OC[C@@]3(C)Cn4cc([N+](=O)[O-])nc4O3)cc2)CCN1C(=O)O. The van der Waals surface area contributed by atoms with Crippen LogP contribution in [-0.2, 0) is 16.6 Å². The Morgan fingerprint density at radius 3 is 2.65 bits per heavy atom. The van der Waals surface area contributed by atoms with Gasteiger partial charge in [-0.1, -0.05) is 6.92 Å². The minimum absolute atomic E-state index is 0.0894. The first kappa shape index (κ1) is 23.8. The quantitative estimate of drug-likeness (QED) is 0.446. The third-order valence-corrected chi connectivity index (χ3v) is 7.80. The largest absolute Gasteiger partial charge is 0.489 e. The summed E-state index contributed by atoms with van der Waals surface area (Å²) in [5, 5.41) is 20.1. The lowest BCUT2D eigenvalue weighted by molar-refractivity contribution is -0.389. The topological polar surface area (TPSA) is 157 Å². The first-order valence-corrected chi connectivity index (χ1v) is 12.1. The molecule has 1 N–H and O–H groups in total. The van der Waals surface area contributed by atoms with Gasteiger partial charge >= 0.3 is 17.9 Å². The second-order valence-corrected chi connectivity index (χ2v) is 10.4. The monoisotopic (exact) mass is 495 g/mol. The first-order valence-electron chi connectivity index (χ1n) is 10.7. The summed E-state index contributed by atoms with van der Waals surface area (Å²) in [6.07, 6.45) is 0.769. The molecule has 2 aliphatic rings. The maximum Gasteiger partial charge on any atom is 0.415 e. The number of aromatic nitrogens is 2. The molecule has 1 fully saturated rings. The molecule has 1 aromatic carbocycles. The van der Waals surface area contributed by atoms with E-state index in [9.17, 15) is 28.4 Å². The molecule has 0 aliphatic carbocycles. The number of benzene rings is 1. The molecule has 2 aromatic rings. The number of amides is 1. The molecule has 0 spiro atoms. The van der Waals surface area contributed by atoms with Crippen LogP contribution >= 0.6 is 0 Å². The number of piperazine rings is 1. The van der Waals surface area contributed by atoms with Crippen molar-refractivity contribution in [1.29, 1.82) is 0 Å². The standard InChI is InChI=1S/C20H25N5O8S/c1-3-14-10-23(8-9-24(14)19(26)27)34(30,31)16-6-4-15(5-7-16)32-13-20(2)12-22-11-17(25(28)29)21-18(22)33-20/h4-7,11,14H,3,8-10,12-13H2,1-2H3,(H,26,27)/t14?,20-/m1/s1. The summed E-state index contributed by atoms with van der Waals surface area (Å²) in [5.74, 6) is 0.144. The maximum atomic E-state index is 13.1. The van der Waals surface area contributed by atoms with Gasteiger partial charge in [-0.3, -0.25) is 4.57 Å². The fourth-order valence-corrected chi connectivity index (χ4v) is 5.56. The minimum atomic E-state index is -3.79. The van der Waals surface area contributed by atoms with Crippen molar-refractivity contribution in [3.8, 4) is 11.8 Å². The molecule has 1 amide bonds. The van der Waals surface area contributed by atoms with E-state index in [2.05, 4.69) is 4.98 Å². The zero-order chi connectivity index (χ0) is 24.7. The number of rotatable bonds is 7. The van der Waals surface area contributed by atoms with Gasteiger partial charge in [-0.2, -0.15) is 4.31 Å². The Hall–Kier alpha value is -3.39. The highest BCUT2D eigenvalue weighted by atomic mass is 32.2. The van der Waals surface area contributed by atoms with Gasteiger partial charge in [0, 0.05) is 30.7 Å². The molecule has 34 heavy (non-hydrogen) atoms. The summed E-state index contributed by atoms with van der Waals surface area (Å²) < 4.78 is 40.5. The third kappa shape index (κ3) is 4.50. The second-order valence-electron chi connectivity index (χ2n) is 8.48. The summed E-state index contributed by atoms with van der Waals surface area (Å²) in [5.41, 5.74) is -0.790. The number of hydrogen-bond acceptors (Lipinski definition) is 8. The molecule has 1 aromatic heterocycles. The number of nitrogens with zero attached hydrogens (tertiary/aromatic N) is 5. The maximum absolute atomic E-state index is 13.1. The fraction of sp³-hybridized carbons (Fsp3) is 0.500. The van der Waals surface area contributed by atoms with Crippen molar-refractivity contribution in [1.82, 2.24) is 18.8 Å². The number of nitro groups is 1. The van der Waals surface area contributed by atoms with Crippen LogP contribution in [0.1, 0.15) is 20.3 Å². The van der Waals surface area contributed by atoms with E-state index in [1.807, 2.05) is 6.92 Å². The Bertz CT molecular complexity index is 1170. The minimum Gasteiger partial charge on any atom is -0.489 e. The third-order valence-electron chi connectivity index (χ3n) is 5.92. The van der Waals surface area contributed by atoms with Gasteiger partial charge in [0.05, 0.1) is 11.4 Å². The average Bonchev–Trinajstić information content (AvgIpc) is 3.33. The van der Waals surface area contributed by atoms with Crippen molar-refractivity contribution in [2.45, 2.75) is 43.4 Å². The molecule has 1 saturated heterocycles. The number of imidazole rings is 1. The molecular formula is C20H25N5O8S. The summed E-state index contributed by atoms with van der Waals surface area (Å²) in [6, 6.07) is 5.72. The summed E-state index contributed by atoms with van der Waals surface area (Å²) in [7, 11) is -3.79. The summed E-state index contributed by atoms with van der Waals surface area (Å²) in [4.78, 5) is 26.8. The van der Waals surface area contributed by atoms with E-state index in [4.69, 9.17) is 9.47 Å². The lowest BCUT2D eigenvalue weighted by atomic mass is 10.1. The van der Waals surface area contributed by atoms with E-state index in [-0.39, 0.29) is 43.0 Å². The van der Waals surface area contributed by atoms with Gasteiger partial charge in [0.25, 0.3) is 0 Å². The van der Waals surface area contributed by atoms with Gasteiger partial charge in [0.1, 0.15) is 18.6 Å². The van der Waals surface area contributed by atoms with Crippen LogP contribution in [0, 0.1) is 10.1 Å². The van der Waals surface area contributed by atoms with Crippen LogP contribution < -0.4 is 9.47 Å². The van der Waals surface area contributed by atoms with E-state index in [0.717, 1.165) is 0 Å². The van der Waals surface area contributed by atoms with Crippen molar-refractivity contribution < 1.29 is 32.7 Å². The Balaban J connectivity index is 1.38. The number of sulfonamides is 1. The van der Waals surface area contributed by atoms with Gasteiger partial charge in [-0.25, -0.2) is 13.2 Å². The van der Waals surface area contributed by atoms with Crippen LogP contribution in [0.2, 0.25) is 0 Å². The van der Waals surface area contributed by atoms with Gasteiger partial charge in [-0.05, 0) is 42.5 Å². The van der Waals surface area contributed by atoms with Gasteiger partial charge in [0.15, 0.2) is 5.60 Å². The Morgan fingerprint density at radius 1 is 1.35 bits per heavy atom. The van der Waals surface area contributed by atoms with E-state index in [1.165, 1.54) is 27.5 Å². The van der Waals surface area contributed by atoms with E-state index in [0.29, 0.717) is 18.7 Å². The highest BCUT2D eigenvalue weighted by molar-refractivity contribution is 7.89. The van der Waals surface area contributed by atoms with Crippen LogP contribution in [0.5, 0.6) is 11.8 Å². The highest BCUT2D eigenvalue weighted by Crippen LogP contribution is 2.31. The van der Waals surface area contributed by atoms with Gasteiger partial charge < -0.3 is 29.6 Å². The molecule has 1 unspecified atom stereocenters. The number of hydrogen-bond donors (Lipinski definition) is 1. The van der Waals surface area contributed by atoms with Gasteiger partial charge in [-0.15, -0.1) is 0 Å². The molecule has 0 bridgehead atoms. The molecule has 0 radical (unpaired) electrons. The highest BCUT2D eigenvalue weighted by Gasteiger charge is 2.41. The van der Waals surface area contributed by atoms with Crippen LogP contribution in [-0.4, -0.2) is 81.2 Å². The molecule has 13 nitrogen and oxygen atoms in total. The molecule has 2 aliphatic heterocycles. The Labute approximate surface area is 195 Å². The molecule has 4 rings (SSSR count). The van der Waals surface area contributed by atoms with Crippen LogP contribution in [0.3, 0.4) is 0 Å². The molecule has 184 valence electrons. The lowest BCUT2D eigenvalue weighted by Crippen LogP contribution is -2.55. The van der Waals surface area contributed by atoms with Crippen LogP contribution in [0.25, 0.3) is 0 Å². The first-order chi connectivity index (χ1) is 16.0. The van der Waals surface area contributed by atoms with Crippen molar-refractivity contribution >= 4 is 21.9 Å². The molecule has 14 heteroatoms. The lowest BCUT2D eigenvalue weighted by Gasteiger charge is -2.38. The average molecular weight is 496 g/mol. The van der Waals surface area contributed by atoms with Crippen molar-refractivity contribution in [3.63, 3.8) is 0 Å². The zero-order valence-corrected chi connectivity index (χ0v) is 19.5. The number of fused-ring (bicyclic) bond motifs is 1. The second kappa shape index (κ2) is 8.76. The number of carboxylic acid groups (broad SMARTS) is 1. The zero-order valence-electron chi connectivity index (χ0n) is 18.7.